The van der Waals surface area contributed by atoms with Crippen LogP contribution in [-0.2, 0) is 9.53 Å². The maximum Gasteiger partial charge on any atom is 0.338 e. The molecule has 9 heteroatoms. The Morgan fingerprint density at radius 1 is 1.45 bits per heavy atom. The first-order chi connectivity index (χ1) is 9.31. The van der Waals surface area contributed by atoms with Gasteiger partial charge in [-0.2, -0.15) is 0 Å². The fourth-order valence-corrected chi connectivity index (χ4v) is 3.69. The van der Waals surface area contributed by atoms with Crippen LogP contribution in [0.4, 0.5) is 0 Å². The molecule has 1 spiro atoms. The second-order valence-electron chi connectivity index (χ2n) is 5.67. The second kappa shape index (κ2) is 4.04. The lowest BCUT2D eigenvalue weighted by molar-refractivity contribution is -0.301. The molecule has 20 heavy (non-hydrogen) atoms. The lowest BCUT2D eigenvalue weighted by Crippen LogP contribution is -2.81. The molecule has 2 fully saturated rings. The van der Waals surface area contributed by atoms with Crippen LogP contribution in [0.1, 0.15) is 13.3 Å². The number of aliphatic imine (C=N–C) groups is 1. The van der Waals surface area contributed by atoms with E-state index in [1.807, 2.05) is 0 Å². The van der Waals surface area contributed by atoms with Crippen molar-refractivity contribution >= 4 is 11.9 Å². The van der Waals surface area contributed by atoms with E-state index >= 15 is 0 Å². The molecule has 6 N–H and O–H groups in total. The highest BCUT2D eigenvalue weighted by molar-refractivity contribution is 5.84. The van der Waals surface area contributed by atoms with Crippen molar-refractivity contribution in [2.45, 2.75) is 43.4 Å². The summed E-state index contributed by atoms with van der Waals surface area (Å²) in [6.45, 7) is 1.75. The van der Waals surface area contributed by atoms with E-state index in [1.165, 1.54) is 0 Å². The minimum absolute atomic E-state index is 0.253. The predicted octanol–water partition coefficient (Wildman–Crippen LogP) is -2.63. The summed E-state index contributed by atoms with van der Waals surface area (Å²) in [4.78, 5) is 15.5. The minimum Gasteiger partial charge on any atom is -0.457 e. The Morgan fingerprint density at radius 2 is 2.10 bits per heavy atom. The van der Waals surface area contributed by atoms with Crippen LogP contribution in [0.15, 0.2) is 4.99 Å². The van der Waals surface area contributed by atoms with Gasteiger partial charge in [0.1, 0.15) is 17.7 Å². The lowest BCUT2D eigenvalue weighted by atomic mass is 9.60. The number of hydroxylamine groups is 2. The molecule has 112 valence electrons. The van der Waals surface area contributed by atoms with E-state index < -0.39 is 47.9 Å². The fourth-order valence-electron chi connectivity index (χ4n) is 3.69. The highest BCUT2D eigenvalue weighted by Gasteiger charge is 2.70. The van der Waals surface area contributed by atoms with Gasteiger partial charge in [-0.15, -0.1) is 0 Å². The first-order valence-electron chi connectivity index (χ1n) is 6.38. The van der Waals surface area contributed by atoms with Crippen molar-refractivity contribution in [3.05, 3.63) is 0 Å². The molecule has 0 amide bonds. The summed E-state index contributed by atoms with van der Waals surface area (Å²) < 4.78 is 5.02. The first kappa shape index (κ1) is 13.6. The zero-order valence-electron chi connectivity index (χ0n) is 10.7. The molecule has 3 rings (SSSR count). The Hall–Kier alpha value is -1.42. The van der Waals surface area contributed by atoms with Gasteiger partial charge >= 0.3 is 5.97 Å². The molecule has 0 aromatic rings. The van der Waals surface area contributed by atoms with Gasteiger partial charge in [-0.3, -0.25) is 5.21 Å². The van der Waals surface area contributed by atoms with Crippen molar-refractivity contribution in [1.29, 1.82) is 0 Å². The van der Waals surface area contributed by atoms with E-state index in [4.69, 9.17) is 10.5 Å². The summed E-state index contributed by atoms with van der Waals surface area (Å²) in [5, 5.41) is 41.3. The molecule has 1 saturated carbocycles. The van der Waals surface area contributed by atoms with Crippen LogP contribution in [0, 0.1) is 11.8 Å². The quantitative estimate of drug-likeness (QED) is 0.304. The fraction of sp³-hybridized carbons (Fsp3) is 0.818. The number of aliphatic hydroxyl groups is 3. The van der Waals surface area contributed by atoms with Crippen molar-refractivity contribution in [3.63, 3.8) is 0 Å². The third kappa shape index (κ3) is 1.35. The van der Waals surface area contributed by atoms with E-state index in [0.717, 1.165) is 0 Å². The molecule has 0 unspecified atom stereocenters. The van der Waals surface area contributed by atoms with Gasteiger partial charge in [0.05, 0.1) is 0 Å². The maximum absolute atomic E-state index is 11.8. The van der Waals surface area contributed by atoms with Gasteiger partial charge in [0.15, 0.2) is 12.3 Å². The number of aliphatic hydroxyl groups excluding tert-OH is 3. The van der Waals surface area contributed by atoms with Gasteiger partial charge in [-0.1, -0.05) is 6.92 Å². The smallest absolute Gasteiger partial charge is 0.338 e. The van der Waals surface area contributed by atoms with E-state index in [1.54, 1.807) is 6.92 Å². The molecule has 7 atom stereocenters. The van der Waals surface area contributed by atoms with Gasteiger partial charge in [0.25, 0.3) is 0 Å². The van der Waals surface area contributed by atoms with Crippen molar-refractivity contribution in [3.8, 4) is 0 Å². The third-order valence-corrected chi connectivity index (χ3v) is 4.69. The largest absolute Gasteiger partial charge is 0.457 e. The van der Waals surface area contributed by atoms with Crippen LogP contribution in [0.25, 0.3) is 0 Å². The number of ether oxygens (including phenoxy) is 1. The highest BCUT2D eigenvalue weighted by atomic mass is 16.6. The minimum atomic E-state index is -1.84. The molecule has 1 saturated heterocycles. The molecule has 0 aromatic carbocycles. The summed E-state index contributed by atoms with van der Waals surface area (Å²) in [7, 11) is 0. The number of rotatable bonds is 0. The molecule has 2 heterocycles. The summed E-state index contributed by atoms with van der Waals surface area (Å²) in [6, 6.07) is 0. The van der Waals surface area contributed by atoms with Gasteiger partial charge in [0.2, 0.25) is 5.96 Å². The van der Waals surface area contributed by atoms with Gasteiger partial charge in [-0.05, 0) is 12.3 Å². The van der Waals surface area contributed by atoms with Crippen molar-refractivity contribution < 1.29 is 30.1 Å². The van der Waals surface area contributed by atoms with E-state index in [2.05, 4.69) is 4.99 Å². The Bertz CT molecular complexity index is 485. The molecule has 0 radical (unpaired) electrons. The number of nitrogens with zero attached hydrogens (tertiary/aromatic N) is 2. The van der Waals surface area contributed by atoms with Gasteiger partial charge in [0, 0.05) is 5.92 Å². The van der Waals surface area contributed by atoms with Crippen molar-refractivity contribution in [2.24, 2.45) is 22.6 Å². The Balaban J connectivity index is 2.19. The number of fused-ring (bicyclic) bond motifs is 1. The Kier molecular flexibility index (Phi) is 2.74. The summed E-state index contributed by atoms with van der Waals surface area (Å²) in [6.07, 6.45) is -5.12. The third-order valence-electron chi connectivity index (χ3n) is 4.69. The molecule has 0 aromatic heterocycles. The standard InChI is InChI=1S/C11H17N3O6/c1-3-2-4-8(17)13-10(12)14(19)11(4)6(15)5(3)20-9(18)7(11)16/h3-8,15-17,19H,2H2,1H3,(H2,12,13)/t3-,4-,5-,6+,7-,8-,11-/m1/s1. The number of nitrogens with two attached hydrogens (primary N) is 1. The summed E-state index contributed by atoms with van der Waals surface area (Å²) >= 11 is 0. The van der Waals surface area contributed by atoms with Crippen molar-refractivity contribution in [1.82, 2.24) is 5.06 Å². The monoisotopic (exact) mass is 287 g/mol. The summed E-state index contributed by atoms with van der Waals surface area (Å²) in [5.74, 6) is -2.52. The number of esters is 1. The number of carbonyl (C=O) groups is 1. The number of hydrogen-bond donors (Lipinski definition) is 5. The molecular weight excluding hydrogens is 270 g/mol. The van der Waals surface area contributed by atoms with E-state index in [9.17, 15) is 25.3 Å². The predicted molar refractivity (Wildman–Crippen MR) is 63.2 cm³/mol. The average molecular weight is 287 g/mol. The molecule has 1 aliphatic carbocycles. The normalized spacial score (nSPS) is 51.1. The van der Waals surface area contributed by atoms with Crippen LogP contribution in [0.2, 0.25) is 0 Å². The number of guanidine groups is 1. The second-order valence-corrected chi connectivity index (χ2v) is 5.67. The van der Waals surface area contributed by atoms with Crippen molar-refractivity contribution in [2.75, 3.05) is 0 Å². The topological polar surface area (TPSA) is 149 Å². The maximum atomic E-state index is 11.8. The Labute approximate surface area is 114 Å². The highest BCUT2D eigenvalue weighted by Crippen LogP contribution is 2.50. The van der Waals surface area contributed by atoms with E-state index in [-0.39, 0.29) is 5.92 Å². The van der Waals surface area contributed by atoms with Crippen LogP contribution in [-0.4, -0.2) is 67.6 Å². The molecular formula is C11H17N3O6. The molecule has 2 bridgehead atoms. The van der Waals surface area contributed by atoms with Crippen LogP contribution >= 0.6 is 0 Å². The zero-order valence-corrected chi connectivity index (χ0v) is 10.7. The Morgan fingerprint density at radius 3 is 2.75 bits per heavy atom. The van der Waals surface area contributed by atoms with Crippen LogP contribution in [0.5, 0.6) is 0 Å². The molecule has 9 nitrogen and oxygen atoms in total. The number of hydrogen-bond acceptors (Lipinski definition) is 9. The van der Waals surface area contributed by atoms with Gasteiger partial charge in [-0.25, -0.2) is 14.9 Å². The van der Waals surface area contributed by atoms with E-state index in [0.29, 0.717) is 11.5 Å². The summed E-state index contributed by atoms with van der Waals surface area (Å²) in [5.41, 5.74) is 3.67. The van der Waals surface area contributed by atoms with Gasteiger partial charge < -0.3 is 25.8 Å². The van der Waals surface area contributed by atoms with Crippen LogP contribution < -0.4 is 5.73 Å². The number of carbonyl (C=O) groups excluding carboxylic acids is 1. The lowest BCUT2D eigenvalue weighted by Gasteiger charge is -2.60. The first-order valence-corrected chi connectivity index (χ1v) is 6.38. The van der Waals surface area contributed by atoms with Crippen LogP contribution in [0.3, 0.4) is 0 Å². The zero-order chi connectivity index (χ0) is 14.8. The SMILES string of the molecule is C[C@@H]1C[C@@H]2[C@@H](O)N=C(N)N(O)[C@]23[C@H](O)C(=O)O[C@H]1[C@@H]3O. The molecule has 2 aliphatic heterocycles. The molecule has 3 aliphatic rings. The average Bonchev–Trinajstić information content (AvgIpc) is 2.38.